The van der Waals surface area contributed by atoms with Gasteiger partial charge in [0.2, 0.25) is 5.91 Å². The molecular formula is C15H21N3O. The fourth-order valence-electron chi connectivity index (χ4n) is 2.36. The van der Waals surface area contributed by atoms with Crippen molar-refractivity contribution in [2.24, 2.45) is 0 Å². The second-order valence-corrected chi connectivity index (χ2v) is 4.99. The molecule has 0 fully saturated rings. The van der Waals surface area contributed by atoms with Crippen molar-refractivity contribution in [3.63, 3.8) is 0 Å². The van der Waals surface area contributed by atoms with Gasteiger partial charge in [-0.2, -0.15) is 0 Å². The third kappa shape index (κ3) is 3.13. The minimum Gasteiger partial charge on any atom is -0.352 e. The maximum atomic E-state index is 12.0. The van der Waals surface area contributed by atoms with Gasteiger partial charge in [0, 0.05) is 6.04 Å². The molecule has 1 N–H and O–H groups in total. The van der Waals surface area contributed by atoms with Crippen LogP contribution in [0.3, 0.4) is 0 Å². The second-order valence-electron chi connectivity index (χ2n) is 4.99. The molecule has 0 saturated heterocycles. The summed E-state index contributed by atoms with van der Waals surface area (Å²) in [5.74, 6) is 0.923. The van der Waals surface area contributed by atoms with E-state index in [0.29, 0.717) is 6.54 Å². The molecule has 102 valence electrons. The fourth-order valence-corrected chi connectivity index (χ4v) is 2.36. The van der Waals surface area contributed by atoms with Gasteiger partial charge in [-0.15, -0.1) is 0 Å². The number of para-hydroxylation sites is 2. The average Bonchev–Trinajstić information content (AvgIpc) is 2.66. The third-order valence-corrected chi connectivity index (χ3v) is 3.28. The van der Waals surface area contributed by atoms with Gasteiger partial charge in [0.05, 0.1) is 11.0 Å². The van der Waals surface area contributed by atoms with Crippen LogP contribution in [0.15, 0.2) is 24.3 Å². The molecule has 0 saturated carbocycles. The Kier molecular flexibility index (Phi) is 4.20. The fraction of sp³-hybridized carbons (Fsp3) is 0.467. The summed E-state index contributed by atoms with van der Waals surface area (Å²) in [6.07, 6.45) is 2.09. The molecule has 2 rings (SSSR count). The van der Waals surface area contributed by atoms with Crippen LogP contribution < -0.4 is 5.32 Å². The third-order valence-electron chi connectivity index (χ3n) is 3.28. The van der Waals surface area contributed by atoms with Crippen LogP contribution in [0.1, 0.15) is 32.5 Å². The molecule has 0 radical (unpaired) electrons. The van der Waals surface area contributed by atoms with E-state index in [9.17, 15) is 4.79 Å². The lowest BCUT2D eigenvalue weighted by molar-refractivity contribution is -0.122. The second kappa shape index (κ2) is 5.87. The zero-order chi connectivity index (χ0) is 13.8. The zero-order valence-electron chi connectivity index (χ0n) is 11.8. The lowest BCUT2D eigenvalue weighted by atomic mass is 10.2. The van der Waals surface area contributed by atoms with Crippen molar-refractivity contribution >= 4 is 16.9 Å². The first kappa shape index (κ1) is 13.6. The highest BCUT2D eigenvalue weighted by Gasteiger charge is 2.12. The summed E-state index contributed by atoms with van der Waals surface area (Å²) >= 11 is 0. The van der Waals surface area contributed by atoms with Crippen LogP contribution in [0.2, 0.25) is 0 Å². The Balaban J connectivity index is 2.13. The summed E-state index contributed by atoms with van der Waals surface area (Å²) < 4.78 is 1.96. The molecule has 4 nitrogen and oxygen atoms in total. The number of hydrogen-bond acceptors (Lipinski definition) is 2. The van der Waals surface area contributed by atoms with Crippen LogP contribution in [0.5, 0.6) is 0 Å². The van der Waals surface area contributed by atoms with Gasteiger partial charge in [-0.1, -0.05) is 25.5 Å². The minimum absolute atomic E-state index is 0.0483. The maximum Gasteiger partial charge on any atom is 0.240 e. The Labute approximate surface area is 113 Å². The molecule has 0 unspecified atom stereocenters. The Bertz CT molecular complexity index is 574. The monoisotopic (exact) mass is 259 g/mol. The standard InChI is InChI=1S/C15H21N3O/c1-4-7-11(2)16-15(19)10-18-12(3)17-13-8-5-6-9-14(13)18/h5-6,8-9,11H,4,7,10H2,1-3H3,(H,16,19)/t11-/m1/s1. The van der Waals surface area contributed by atoms with Crippen LogP contribution in [-0.4, -0.2) is 21.5 Å². The highest BCUT2D eigenvalue weighted by Crippen LogP contribution is 2.15. The average molecular weight is 259 g/mol. The van der Waals surface area contributed by atoms with Gasteiger partial charge in [0.1, 0.15) is 12.4 Å². The van der Waals surface area contributed by atoms with E-state index in [2.05, 4.69) is 17.2 Å². The summed E-state index contributed by atoms with van der Waals surface area (Å²) in [5.41, 5.74) is 1.95. The number of hydrogen-bond donors (Lipinski definition) is 1. The Morgan fingerprint density at radius 2 is 2.16 bits per heavy atom. The SMILES string of the molecule is CCC[C@@H](C)NC(=O)Cn1c(C)nc2ccccc21. The van der Waals surface area contributed by atoms with Gasteiger partial charge in [-0.05, 0) is 32.4 Å². The van der Waals surface area contributed by atoms with Crippen LogP contribution in [0.4, 0.5) is 0 Å². The van der Waals surface area contributed by atoms with E-state index in [4.69, 9.17) is 0 Å². The van der Waals surface area contributed by atoms with E-state index < -0.39 is 0 Å². The summed E-state index contributed by atoms with van der Waals surface area (Å²) in [5, 5.41) is 3.02. The number of carbonyl (C=O) groups excluding carboxylic acids is 1. The molecule has 2 aromatic rings. The number of rotatable bonds is 5. The highest BCUT2D eigenvalue weighted by atomic mass is 16.2. The van der Waals surface area contributed by atoms with Crippen molar-refractivity contribution in [2.75, 3.05) is 0 Å². The largest absolute Gasteiger partial charge is 0.352 e. The number of nitrogens with one attached hydrogen (secondary N) is 1. The quantitative estimate of drug-likeness (QED) is 0.897. The van der Waals surface area contributed by atoms with Gasteiger partial charge in [0.15, 0.2) is 0 Å². The maximum absolute atomic E-state index is 12.0. The number of benzene rings is 1. The molecule has 0 spiro atoms. The predicted octanol–water partition coefficient (Wildman–Crippen LogP) is 2.65. The van der Waals surface area contributed by atoms with Gasteiger partial charge in [-0.3, -0.25) is 4.79 Å². The van der Waals surface area contributed by atoms with Crippen molar-refractivity contribution in [1.29, 1.82) is 0 Å². The molecule has 0 bridgehead atoms. The van der Waals surface area contributed by atoms with Crippen molar-refractivity contribution in [3.8, 4) is 0 Å². The number of carbonyl (C=O) groups is 1. The van der Waals surface area contributed by atoms with E-state index in [1.54, 1.807) is 0 Å². The zero-order valence-corrected chi connectivity index (χ0v) is 11.8. The number of nitrogens with zero attached hydrogens (tertiary/aromatic N) is 2. The molecule has 0 aliphatic heterocycles. The molecular weight excluding hydrogens is 238 g/mol. The number of aryl methyl sites for hydroxylation is 1. The number of amides is 1. The van der Waals surface area contributed by atoms with Crippen molar-refractivity contribution in [2.45, 2.75) is 46.2 Å². The predicted molar refractivity (Wildman–Crippen MR) is 77.0 cm³/mol. The van der Waals surface area contributed by atoms with Crippen molar-refractivity contribution < 1.29 is 4.79 Å². The summed E-state index contributed by atoms with van der Waals surface area (Å²) in [7, 11) is 0. The summed E-state index contributed by atoms with van der Waals surface area (Å²) in [6.45, 7) is 6.43. The molecule has 0 aliphatic carbocycles. The van der Waals surface area contributed by atoms with Crippen LogP contribution >= 0.6 is 0 Å². The Morgan fingerprint density at radius 1 is 1.42 bits per heavy atom. The van der Waals surface area contributed by atoms with Gasteiger partial charge < -0.3 is 9.88 Å². The molecule has 1 heterocycles. The van der Waals surface area contributed by atoms with Gasteiger partial charge in [-0.25, -0.2) is 4.98 Å². The molecule has 1 amide bonds. The van der Waals surface area contributed by atoms with Gasteiger partial charge in [0.25, 0.3) is 0 Å². The first-order valence-electron chi connectivity index (χ1n) is 6.83. The highest BCUT2D eigenvalue weighted by molar-refractivity contribution is 5.81. The van der Waals surface area contributed by atoms with Crippen LogP contribution in [-0.2, 0) is 11.3 Å². The Morgan fingerprint density at radius 3 is 2.89 bits per heavy atom. The van der Waals surface area contributed by atoms with Crippen molar-refractivity contribution in [1.82, 2.24) is 14.9 Å². The van der Waals surface area contributed by atoms with E-state index in [0.717, 1.165) is 29.7 Å². The lowest BCUT2D eigenvalue weighted by Crippen LogP contribution is -2.35. The molecule has 0 aliphatic rings. The molecule has 1 aromatic carbocycles. The smallest absolute Gasteiger partial charge is 0.240 e. The first-order chi connectivity index (χ1) is 9.11. The number of fused-ring (bicyclic) bond motifs is 1. The molecule has 4 heteroatoms. The summed E-state index contributed by atoms with van der Waals surface area (Å²) in [6, 6.07) is 8.13. The van der Waals surface area contributed by atoms with E-state index in [1.165, 1.54) is 0 Å². The molecule has 1 atom stereocenters. The topological polar surface area (TPSA) is 46.9 Å². The van der Waals surface area contributed by atoms with Gasteiger partial charge >= 0.3 is 0 Å². The molecule has 1 aromatic heterocycles. The van der Waals surface area contributed by atoms with E-state index in [-0.39, 0.29) is 11.9 Å². The lowest BCUT2D eigenvalue weighted by Gasteiger charge is -2.13. The van der Waals surface area contributed by atoms with Crippen LogP contribution in [0, 0.1) is 6.92 Å². The van der Waals surface area contributed by atoms with E-state index >= 15 is 0 Å². The summed E-state index contributed by atoms with van der Waals surface area (Å²) in [4.78, 5) is 16.5. The number of imidazole rings is 1. The van der Waals surface area contributed by atoms with E-state index in [1.807, 2.05) is 42.7 Å². The number of aromatic nitrogens is 2. The van der Waals surface area contributed by atoms with Crippen molar-refractivity contribution in [3.05, 3.63) is 30.1 Å². The normalized spacial score (nSPS) is 12.6. The first-order valence-corrected chi connectivity index (χ1v) is 6.83. The Hall–Kier alpha value is -1.84. The minimum atomic E-state index is 0.0483. The molecule has 19 heavy (non-hydrogen) atoms. The van der Waals surface area contributed by atoms with Crippen LogP contribution in [0.25, 0.3) is 11.0 Å².